The Balaban J connectivity index is 2.02. The minimum atomic E-state index is -1.08. The van der Waals surface area contributed by atoms with Crippen molar-refractivity contribution in [1.29, 1.82) is 0 Å². The van der Waals surface area contributed by atoms with Gasteiger partial charge in [-0.05, 0) is 24.3 Å². The molecule has 0 spiro atoms. The Labute approximate surface area is 156 Å². The quantitative estimate of drug-likeness (QED) is 0.409. The van der Waals surface area contributed by atoms with Gasteiger partial charge >= 0.3 is 0 Å². The van der Waals surface area contributed by atoms with Gasteiger partial charge in [-0.3, -0.25) is 9.59 Å². The van der Waals surface area contributed by atoms with Crippen LogP contribution in [0.2, 0.25) is 0 Å². The van der Waals surface area contributed by atoms with E-state index in [-0.39, 0.29) is 12.1 Å². The van der Waals surface area contributed by atoms with E-state index >= 15 is 0 Å². The average molecular weight is 368 g/mol. The van der Waals surface area contributed by atoms with Crippen LogP contribution in [-0.4, -0.2) is 46.7 Å². The second kappa shape index (κ2) is 10.6. The van der Waals surface area contributed by atoms with Gasteiger partial charge in [0.05, 0.1) is 24.6 Å². The third kappa shape index (κ3) is 6.81. The molecule has 8 nitrogen and oxygen atoms in total. The Kier molecular flexibility index (Phi) is 7.83. The lowest BCUT2D eigenvalue weighted by molar-refractivity contribution is 0.0944. The maximum atomic E-state index is 12.0. The van der Waals surface area contributed by atoms with E-state index in [0.29, 0.717) is 11.1 Å². The highest BCUT2D eigenvalue weighted by atomic mass is 16.3. The monoisotopic (exact) mass is 368 g/mol. The number of nitrogens with one attached hydrogen (secondary N) is 2. The van der Waals surface area contributed by atoms with Crippen LogP contribution in [0.4, 0.5) is 0 Å². The van der Waals surface area contributed by atoms with Crippen molar-refractivity contribution in [3.8, 4) is 0 Å². The predicted molar refractivity (Wildman–Crippen MR) is 101 cm³/mol. The van der Waals surface area contributed by atoms with E-state index in [1.54, 1.807) is 60.7 Å². The lowest BCUT2D eigenvalue weighted by Gasteiger charge is -2.07. The number of nitrogens with zero attached hydrogens (tertiary/aromatic N) is 2. The Hall–Kier alpha value is -3.36. The molecule has 2 amide bonds. The number of aliphatic hydroxyl groups is 2. The number of hydrazone groups is 2. The molecule has 4 N–H and O–H groups in total. The normalized spacial score (nSPS) is 12.6. The van der Waals surface area contributed by atoms with Crippen molar-refractivity contribution in [2.45, 2.75) is 12.5 Å². The van der Waals surface area contributed by atoms with Gasteiger partial charge < -0.3 is 10.2 Å². The van der Waals surface area contributed by atoms with Gasteiger partial charge in [0, 0.05) is 17.5 Å². The van der Waals surface area contributed by atoms with Gasteiger partial charge in [0.25, 0.3) is 11.8 Å². The fraction of sp³-hybridized carbons (Fsp3) is 0.158. The first kappa shape index (κ1) is 20.0. The summed E-state index contributed by atoms with van der Waals surface area (Å²) < 4.78 is 0. The molecule has 1 atom stereocenters. The average Bonchev–Trinajstić information content (AvgIpc) is 2.72. The Morgan fingerprint density at radius 1 is 0.926 bits per heavy atom. The highest BCUT2D eigenvalue weighted by molar-refractivity contribution is 6.31. The first-order chi connectivity index (χ1) is 13.1. The molecule has 0 fully saturated rings. The second-order valence-electron chi connectivity index (χ2n) is 5.52. The zero-order valence-corrected chi connectivity index (χ0v) is 14.4. The lowest BCUT2D eigenvalue weighted by Crippen LogP contribution is -2.25. The number of carbonyl (C=O) groups excluding carboxylic acids is 2. The molecule has 0 radical (unpaired) electrons. The molecule has 1 unspecified atom stereocenters. The molecule has 0 aromatic heterocycles. The summed E-state index contributed by atoms with van der Waals surface area (Å²) in [5, 5.41) is 26.3. The minimum Gasteiger partial charge on any atom is -0.394 e. The first-order valence-electron chi connectivity index (χ1n) is 8.19. The molecule has 8 heteroatoms. The molecule has 2 aromatic rings. The van der Waals surface area contributed by atoms with E-state index in [1.165, 1.54) is 6.21 Å². The molecule has 140 valence electrons. The molecule has 0 aliphatic rings. The van der Waals surface area contributed by atoms with Crippen LogP contribution < -0.4 is 10.9 Å². The van der Waals surface area contributed by atoms with Gasteiger partial charge in [-0.25, -0.2) is 10.9 Å². The van der Waals surface area contributed by atoms with E-state index in [1.807, 2.05) is 0 Å². The molecular formula is C19H20N4O4. The standard InChI is InChI=1S/C19H20N4O4/c24-13-17(25)11-16(21-23-19(27)15-9-5-2-6-10-15)12-20-22-18(26)14-7-3-1-4-8-14/h1-10,12,17,24-25H,11,13H2,(H,22,26)(H,23,27)/b20-12+,21-16?. The lowest BCUT2D eigenvalue weighted by atomic mass is 10.2. The molecule has 0 bridgehead atoms. The number of hydrogen-bond donors (Lipinski definition) is 4. The largest absolute Gasteiger partial charge is 0.394 e. The smallest absolute Gasteiger partial charge is 0.271 e. The number of hydrogen-bond acceptors (Lipinski definition) is 6. The molecule has 0 aliphatic heterocycles. The van der Waals surface area contributed by atoms with Crippen molar-refractivity contribution in [3.63, 3.8) is 0 Å². The molecule has 0 saturated carbocycles. The zero-order chi connectivity index (χ0) is 19.5. The maximum absolute atomic E-state index is 12.0. The van der Waals surface area contributed by atoms with Crippen LogP contribution in [0.1, 0.15) is 27.1 Å². The predicted octanol–water partition coefficient (Wildman–Crippen LogP) is 0.931. The summed E-state index contributed by atoms with van der Waals surface area (Å²) in [6.07, 6.45) is 0.0648. The van der Waals surface area contributed by atoms with Crippen molar-refractivity contribution in [2.24, 2.45) is 10.2 Å². The van der Waals surface area contributed by atoms with Crippen LogP contribution in [0.3, 0.4) is 0 Å². The summed E-state index contributed by atoms with van der Waals surface area (Å²) in [7, 11) is 0. The molecule has 2 aromatic carbocycles. The number of rotatable bonds is 8. The second-order valence-corrected chi connectivity index (χ2v) is 5.52. The topological polar surface area (TPSA) is 123 Å². The van der Waals surface area contributed by atoms with E-state index in [0.717, 1.165) is 0 Å². The fourth-order valence-corrected chi connectivity index (χ4v) is 2.03. The summed E-state index contributed by atoms with van der Waals surface area (Å²) in [5.74, 6) is -0.851. The van der Waals surface area contributed by atoms with Crippen LogP contribution in [0, 0.1) is 0 Å². The molecule has 0 heterocycles. The number of amides is 2. The van der Waals surface area contributed by atoms with E-state index < -0.39 is 24.5 Å². The Morgan fingerprint density at radius 3 is 1.96 bits per heavy atom. The van der Waals surface area contributed by atoms with E-state index in [4.69, 9.17) is 5.11 Å². The maximum Gasteiger partial charge on any atom is 0.271 e. The fourth-order valence-electron chi connectivity index (χ4n) is 2.03. The van der Waals surface area contributed by atoms with Crippen molar-refractivity contribution in [3.05, 3.63) is 71.8 Å². The van der Waals surface area contributed by atoms with Crippen LogP contribution in [-0.2, 0) is 0 Å². The summed E-state index contributed by atoms with van der Waals surface area (Å²) >= 11 is 0. The molecular weight excluding hydrogens is 348 g/mol. The minimum absolute atomic E-state index is 0.0592. The third-order valence-corrected chi connectivity index (χ3v) is 3.41. The van der Waals surface area contributed by atoms with Gasteiger partial charge in [0.15, 0.2) is 0 Å². The molecule has 0 aliphatic carbocycles. The van der Waals surface area contributed by atoms with E-state index in [9.17, 15) is 14.7 Å². The zero-order valence-electron chi connectivity index (χ0n) is 14.4. The van der Waals surface area contributed by atoms with Crippen LogP contribution in [0.25, 0.3) is 0 Å². The first-order valence-corrected chi connectivity index (χ1v) is 8.19. The van der Waals surface area contributed by atoms with Gasteiger partial charge in [-0.15, -0.1) is 0 Å². The van der Waals surface area contributed by atoms with Gasteiger partial charge in [-0.2, -0.15) is 10.2 Å². The SMILES string of the molecule is O=C(NN=C(/C=N/NC(=O)c1ccccc1)CC(O)CO)c1ccccc1. The van der Waals surface area contributed by atoms with Gasteiger partial charge in [0.1, 0.15) is 0 Å². The van der Waals surface area contributed by atoms with Crippen molar-refractivity contribution in [1.82, 2.24) is 10.9 Å². The highest BCUT2D eigenvalue weighted by Crippen LogP contribution is 1.99. The summed E-state index contributed by atoms with van der Waals surface area (Å²) in [5.41, 5.74) is 5.70. The Bertz CT molecular complexity index is 807. The molecule has 27 heavy (non-hydrogen) atoms. The summed E-state index contributed by atoms with van der Waals surface area (Å²) in [6, 6.07) is 17.0. The van der Waals surface area contributed by atoms with Crippen molar-refractivity contribution in [2.75, 3.05) is 6.61 Å². The summed E-state index contributed by atoms with van der Waals surface area (Å²) in [6.45, 7) is -0.476. The van der Waals surface area contributed by atoms with E-state index in [2.05, 4.69) is 21.1 Å². The Morgan fingerprint density at radius 2 is 1.44 bits per heavy atom. The van der Waals surface area contributed by atoms with Crippen LogP contribution in [0.5, 0.6) is 0 Å². The van der Waals surface area contributed by atoms with Crippen LogP contribution >= 0.6 is 0 Å². The molecule has 2 rings (SSSR count). The third-order valence-electron chi connectivity index (χ3n) is 3.41. The van der Waals surface area contributed by atoms with Crippen LogP contribution in [0.15, 0.2) is 70.9 Å². The highest BCUT2D eigenvalue weighted by Gasteiger charge is 2.09. The van der Waals surface area contributed by atoms with Gasteiger partial charge in [-0.1, -0.05) is 36.4 Å². The molecule has 0 saturated heterocycles. The number of benzene rings is 2. The summed E-state index contributed by atoms with van der Waals surface area (Å²) in [4.78, 5) is 24.0. The van der Waals surface area contributed by atoms with Crippen molar-refractivity contribution < 1.29 is 19.8 Å². The van der Waals surface area contributed by atoms with Gasteiger partial charge in [0.2, 0.25) is 0 Å². The van der Waals surface area contributed by atoms with Crippen molar-refractivity contribution >= 4 is 23.7 Å². The number of aliphatic hydroxyl groups excluding tert-OH is 2. The number of carbonyl (C=O) groups is 2.